The van der Waals surface area contributed by atoms with E-state index >= 15 is 0 Å². The lowest BCUT2D eigenvalue weighted by Gasteiger charge is -2.19. The minimum atomic E-state index is -3.09. The summed E-state index contributed by atoms with van der Waals surface area (Å²) in [6.07, 6.45) is 2.03. The molecule has 1 aromatic carbocycles. The highest BCUT2D eigenvalue weighted by atomic mass is 32.2. The first-order valence-electron chi connectivity index (χ1n) is 7.55. The molecule has 0 spiro atoms. The second-order valence-electron chi connectivity index (χ2n) is 5.26. The maximum atomic E-state index is 11.5. The van der Waals surface area contributed by atoms with E-state index in [2.05, 4.69) is 5.32 Å². The smallest absolute Gasteiger partial charge is 0.211 e. The minimum Gasteiger partial charge on any atom is -0.486 e. The summed E-state index contributed by atoms with van der Waals surface area (Å²) < 4.78 is 35.4. The van der Waals surface area contributed by atoms with Crippen molar-refractivity contribution in [2.45, 2.75) is 19.9 Å². The summed E-state index contributed by atoms with van der Waals surface area (Å²) in [5.41, 5.74) is 1.12. The average Bonchev–Trinajstić information content (AvgIpc) is 2.49. The van der Waals surface area contributed by atoms with Gasteiger partial charge in [0.05, 0.1) is 6.26 Å². The first-order valence-corrected chi connectivity index (χ1v) is 9.40. The Morgan fingerprint density at radius 2 is 1.95 bits per heavy atom. The zero-order valence-corrected chi connectivity index (χ0v) is 14.0. The molecular weight excluding hydrogens is 304 g/mol. The Bertz CT molecular complexity index is 589. The number of hydrogen-bond donors (Lipinski definition) is 1. The van der Waals surface area contributed by atoms with Gasteiger partial charge in [0.1, 0.15) is 13.2 Å². The molecule has 0 fully saturated rings. The second-order valence-corrected chi connectivity index (χ2v) is 7.25. The van der Waals surface area contributed by atoms with Crippen LogP contribution in [0.15, 0.2) is 18.2 Å². The summed E-state index contributed by atoms with van der Waals surface area (Å²) in [5.74, 6) is 1.58. The number of nitrogens with zero attached hydrogens (tertiary/aromatic N) is 1. The number of ether oxygens (including phenoxy) is 2. The molecule has 0 unspecified atom stereocenters. The van der Waals surface area contributed by atoms with Crippen LogP contribution < -0.4 is 14.8 Å². The predicted molar refractivity (Wildman–Crippen MR) is 85.8 cm³/mol. The molecule has 7 heteroatoms. The first-order chi connectivity index (χ1) is 10.5. The van der Waals surface area contributed by atoms with Crippen molar-refractivity contribution in [3.63, 3.8) is 0 Å². The highest BCUT2D eigenvalue weighted by Gasteiger charge is 2.13. The van der Waals surface area contributed by atoms with Crippen molar-refractivity contribution in [1.29, 1.82) is 0 Å². The fourth-order valence-electron chi connectivity index (χ4n) is 2.37. The van der Waals surface area contributed by atoms with Gasteiger partial charge in [-0.25, -0.2) is 12.7 Å². The van der Waals surface area contributed by atoms with E-state index in [4.69, 9.17) is 9.47 Å². The van der Waals surface area contributed by atoms with Crippen LogP contribution in [0.1, 0.15) is 18.9 Å². The molecule has 0 aromatic heterocycles. The Labute approximate surface area is 132 Å². The van der Waals surface area contributed by atoms with Crippen LogP contribution in [-0.4, -0.2) is 51.8 Å². The molecule has 124 valence electrons. The summed E-state index contributed by atoms with van der Waals surface area (Å²) in [7, 11) is -3.09. The van der Waals surface area contributed by atoms with Crippen LogP contribution in [0.25, 0.3) is 0 Å². The first kappa shape index (κ1) is 17.1. The number of rotatable bonds is 8. The van der Waals surface area contributed by atoms with Crippen LogP contribution in [0.2, 0.25) is 0 Å². The quantitative estimate of drug-likeness (QED) is 0.727. The predicted octanol–water partition coefficient (Wildman–Crippen LogP) is 1.22. The van der Waals surface area contributed by atoms with E-state index in [9.17, 15) is 8.42 Å². The van der Waals surface area contributed by atoms with Gasteiger partial charge >= 0.3 is 0 Å². The normalized spacial score (nSPS) is 14.3. The van der Waals surface area contributed by atoms with Crippen molar-refractivity contribution in [2.24, 2.45) is 0 Å². The van der Waals surface area contributed by atoms with Crippen molar-refractivity contribution in [3.8, 4) is 11.5 Å². The largest absolute Gasteiger partial charge is 0.486 e. The molecule has 1 N–H and O–H groups in total. The van der Waals surface area contributed by atoms with Gasteiger partial charge in [-0.15, -0.1) is 0 Å². The van der Waals surface area contributed by atoms with Crippen LogP contribution in [0.5, 0.6) is 11.5 Å². The Kier molecular flexibility index (Phi) is 6.05. The lowest BCUT2D eigenvalue weighted by molar-refractivity contribution is 0.171. The molecule has 22 heavy (non-hydrogen) atoms. The van der Waals surface area contributed by atoms with Crippen molar-refractivity contribution >= 4 is 10.0 Å². The number of benzene rings is 1. The summed E-state index contributed by atoms with van der Waals surface area (Å²) in [4.78, 5) is 0. The summed E-state index contributed by atoms with van der Waals surface area (Å²) in [6, 6.07) is 5.92. The second kappa shape index (κ2) is 7.80. The Balaban J connectivity index is 1.73. The van der Waals surface area contributed by atoms with Crippen molar-refractivity contribution in [3.05, 3.63) is 23.8 Å². The Morgan fingerprint density at radius 3 is 2.64 bits per heavy atom. The minimum absolute atomic E-state index is 0.515. The van der Waals surface area contributed by atoms with E-state index in [1.807, 2.05) is 25.1 Å². The zero-order chi connectivity index (χ0) is 16.0. The van der Waals surface area contributed by atoms with Crippen LogP contribution in [0.4, 0.5) is 0 Å². The molecule has 0 saturated heterocycles. The molecule has 0 radical (unpaired) electrons. The average molecular weight is 328 g/mol. The molecule has 1 aliphatic heterocycles. The topological polar surface area (TPSA) is 67.9 Å². The zero-order valence-electron chi connectivity index (χ0n) is 13.2. The molecule has 2 rings (SSSR count). The molecule has 6 nitrogen and oxygen atoms in total. The van der Waals surface area contributed by atoms with Crippen molar-refractivity contribution < 1.29 is 17.9 Å². The Morgan fingerprint density at radius 1 is 1.23 bits per heavy atom. The molecule has 1 aliphatic rings. The molecule has 1 aromatic rings. The molecule has 1 heterocycles. The maximum absolute atomic E-state index is 11.5. The number of nitrogens with one attached hydrogen (secondary N) is 1. The number of hydrogen-bond acceptors (Lipinski definition) is 5. The SMILES string of the molecule is CCN(CCCNCc1ccc2c(c1)OCCO2)S(C)(=O)=O. The van der Waals surface area contributed by atoms with Gasteiger partial charge < -0.3 is 14.8 Å². The van der Waals surface area contributed by atoms with E-state index in [0.29, 0.717) is 26.3 Å². The fourth-order valence-corrected chi connectivity index (χ4v) is 3.30. The van der Waals surface area contributed by atoms with Gasteiger partial charge in [0, 0.05) is 19.6 Å². The molecular formula is C15H24N2O4S. The van der Waals surface area contributed by atoms with Crippen molar-refractivity contribution in [1.82, 2.24) is 9.62 Å². The highest BCUT2D eigenvalue weighted by molar-refractivity contribution is 7.88. The van der Waals surface area contributed by atoms with Gasteiger partial charge in [0.15, 0.2) is 11.5 Å². The van der Waals surface area contributed by atoms with E-state index in [1.54, 1.807) is 0 Å². The molecule has 0 atom stereocenters. The third-order valence-electron chi connectivity index (χ3n) is 3.52. The lowest BCUT2D eigenvalue weighted by Crippen LogP contribution is -2.32. The molecule has 0 saturated carbocycles. The van der Waals surface area contributed by atoms with Gasteiger partial charge in [-0.3, -0.25) is 0 Å². The van der Waals surface area contributed by atoms with E-state index < -0.39 is 10.0 Å². The van der Waals surface area contributed by atoms with Crippen molar-refractivity contribution in [2.75, 3.05) is 39.1 Å². The summed E-state index contributed by atoms with van der Waals surface area (Å²) in [6.45, 7) is 5.58. The van der Waals surface area contributed by atoms with Crippen LogP contribution >= 0.6 is 0 Å². The summed E-state index contributed by atoms with van der Waals surface area (Å²) in [5, 5.41) is 3.32. The van der Waals surface area contributed by atoms with Gasteiger partial charge in [0.25, 0.3) is 0 Å². The van der Waals surface area contributed by atoms with Gasteiger partial charge in [-0.05, 0) is 30.7 Å². The molecule has 0 aliphatic carbocycles. The van der Waals surface area contributed by atoms with Crippen LogP contribution in [-0.2, 0) is 16.6 Å². The van der Waals surface area contributed by atoms with E-state index in [1.165, 1.54) is 10.6 Å². The third-order valence-corrected chi connectivity index (χ3v) is 4.90. The molecule has 0 bridgehead atoms. The van der Waals surface area contributed by atoms with E-state index in [0.717, 1.165) is 36.6 Å². The van der Waals surface area contributed by atoms with Gasteiger partial charge in [0.2, 0.25) is 10.0 Å². The maximum Gasteiger partial charge on any atom is 0.211 e. The third kappa shape index (κ3) is 4.86. The lowest BCUT2D eigenvalue weighted by atomic mass is 10.2. The molecule has 0 amide bonds. The standard InChI is InChI=1S/C15H24N2O4S/c1-3-17(22(2,18)19)8-4-7-16-12-13-5-6-14-15(11-13)21-10-9-20-14/h5-6,11,16H,3-4,7-10,12H2,1-2H3. The van der Waals surface area contributed by atoms with Crippen LogP contribution in [0, 0.1) is 0 Å². The highest BCUT2D eigenvalue weighted by Crippen LogP contribution is 2.30. The number of sulfonamides is 1. The summed E-state index contributed by atoms with van der Waals surface area (Å²) >= 11 is 0. The Hall–Kier alpha value is -1.31. The van der Waals surface area contributed by atoms with E-state index in [-0.39, 0.29) is 0 Å². The van der Waals surface area contributed by atoms with Gasteiger partial charge in [-0.2, -0.15) is 0 Å². The van der Waals surface area contributed by atoms with Gasteiger partial charge in [-0.1, -0.05) is 13.0 Å². The monoisotopic (exact) mass is 328 g/mol. The fraction of sp³-hybridized carbons (Fsp3) is 0.600. The van der Waals surface area contributed by atoms with Crippen LogP contribution in [0.3, 0.4) is 0 Å². The number of fused-ring (bicyclic) bond motifs is 1.